The van der Waals surface area contributed by atoms with E-state index in [0.717, 1.165) is 27.2 Å². The van der Waals surface area contributed by atoms with E-state index in [1.165, 1.54) is 0 Å². The maximum absolute atomic E-state index is 12.8. The topological polar surface area (TPSA) is 56.1 Å². The monoisotopic (exact) mass is 391 g/mol. The molecule has 4 rings (SSSR count). The molecule has 142 valence electrons. The summed E-state index contributed by atoms with van der Waals surface area (Å²) in [6.45, 7) is 1.19. The third-order valence-corrected chi connectivity index (χ3v) is 5.58. The number of methoxy groups -OCH3 is 1. The van der Waals surface area contributed by atoms with Gasteiger partial charge >= 0.3 is 0 Å². The molecule has 0 aliphatic carbocycles. The van der Waals surface area contributed by atoms with Crippen LogP contribution in [-0.2, 0) is 13.0 Å². The number of carbonyl (C=O) groups is 1. The molecule has 5 nitrogen and oxygen atoms in total. The SMILES string of the molecule is COc1ccc(Cn2c(C(=O)NCCc3ccccn3)cc3ccsc32)cc1. The minimum atomic E-state index is -0.0622. The summed E-state index contributed by atoms with van der Waals surface area (Å²) in [5, 5.41) is 6.17. The lowest BCUT2D eigenvalue weighted by Gasteiger charge is -2.11. The Bertz CT molecular complexity index is 1070. The molecule has 3 aromatic heterocycles. The van der Waals surface area contributed by atoms with Gasteiger partial charge in [-0.05, 0) is 47.3 Å². The van der Waals surface area contributed by atoms with Crippen molar-refractivity contribution in [1.82, 2.24) is 14.9 Å². The van der Waals surface area contributed by atoms with Gasteiger partial charge in [0.15, 0.2) is 0 Å². The maximum atomic E-state index is 12.8. The molecule has 1 amide bonds. The second-order valence-corrected chi connectivity index (χ2v) is 7.37. The van der Waals surface area contributed by atoms with Crippen LogP contribution in [0.25, 0.3) is 10.2 Å². The van der Waals surface area contributed by atoms with E-state index < -0.39 is 0 Å². The number of benzene rings is 1. The van der Waals surface area contributed by atoms with E-state index >= 15 is 0 Å². The smallest absolute Gasteiger partial charge is 0.267 e. The number of hydrogen-bond acceptors (Lipinski definition) is 4. The Kier molecular flexibility index (Phi) is 5.39. The number of rotatable bonds is 7. The highest BCUT2D eigenvalue weighted by molar-refractivity contribution is 7.16. The van der Waals surface area contributed by atoms with Gasteiger partial charge in [0, 0.05) is 36.8 Å². The Morgan fingerprint density at radius 1 is 1.18 bits per heavy atom. The van der Waals surface area contributed by atoms with Gasteiger partial charge in [0.25, 0.3) is 5.91 Å². The molecule has 6 heteroatoms. The van der Waals surface area contributed by atoms with Crippen molar-refractivity contribution in [3.8, 4) is 5.75 Å². The minimum absolute atomic E-state index is 0.0622. The second kappa shape index (κ2) is 8.27. The summed E-state index contributed by atoms with van der Waals surface area (Å²) >= 11 is 1.65. The van der Waals surface area contributed by atoms with Gasteiger partial charge in [-0.25, -0.2) is 0 Å². The average Bonchev–Trinajstić information content (AvgIpc) is 3.32. The van der Waals surface area contributed by atoms with Crippen LogP contribution < -0.4 is 10.1 Å². The van der Waals surface area contributed by atoms with Gasteiger partial charge in [0.2, 0.25) is 0 Å². The van der Waals surface area contributed by atoms with Crippen LogP contribution in [0.1, 0.15) is 21.7 Å². The van der Waals surface area contributed by atoms with Crippen molar-refractivity contribution < 1.29 is 9.53 Å². The number of thiophene rings is 1. The van der Waals surface area contributed by atoms with Gasteiger partial charge in [-0.1, -0.05) is 18.2 Å². The number of nitrogens with zero attached hydrogens (tertiary/aromatic N) is 2. The normalized spacial score (nSPS) is 10.9. The van der Waals surface area contributed by atoms with Crippen molar-refractivity contribution in [3.63, 3.8) is 0 Å². The van der Waals surface area contributed by atoms with Gasteiger partial charge in [-0.3, -0.25) is 9.78 Å². The molecule has 4 aromatic rings. The summed E-state index contributed by atoms with van der Waals surface area (Å²) in [6, 6.07) is 17.8. The average molecular weight is 391 g/mol. The molecule has 0 fully saturated rings. The Labute approximate surface area is 167 Å². The van der Waals surface area contributed by atoms with Crippen LogP contribution in [0.15, 0.2) is 66.2 Å². The van der Waals surface area contributed by atoms with E-state index in [2.05, 4.69) is 26.3 Å². The fraction of sp³-hybridized carbons (Fsp3) is 0.182. The molecule has 0 unspecified atom stereocenters. The molecule has 0 aliphatic heterocycles. The summed E-state index contributed by atoms with van der Waals surface area (Å²) < 4.78 is 7.31. The van der Waals surface area contributed by atoms with Crippen LogP contribution in [0.4, 0.5) is 0 Å². The van der Waals surface area contributed by atoms with Crippen molar-refractivity contribution >= 4 is 27.5 Å². The van der Waals surface area contributed by atoms with Crippen molar-refractivity contribution in [2.24, 2.45) is 0 Å². The number of fused-ring (bicyclic) bond motifs is 1. The van der Waals surface area contributed by atoms with Gasteiger partial charge in [0.1, 0.15) is 16.3 Å². The van der Waals surface area contributed by atoms with Crippen LogP contribution in [0.5, 0.6) is 5.75 Å². The highest BCUT2D eigenvalue weighted by atomic mass is 32.1. The summed E-state index contributed by atoms with van der Waals surface area (Å²) in [7, 11) is 1.66. The Balaban J connectivity index is 1.52. The first-order chi connectivity index (χ1) is 13.7. The van der Waals surface area contributed by atoms with E-state index in [9.17, 15) is 4.79 Å². The summed E-state index contributed by atoms with van der Waals surface area (Å²) in [5.74, 6) is 0.762. The summed E-state index contributed by atoms with van der Waals surface area (Å²) in [6.07, 6.45) is 2.48. The largest absolute Gasteiger partial charge is 0.497 e. The number of amides is 1. The predicted octanol–water partition coefficient (Wildman–Crippen LogP) is 4.13. The molecule has 0 bridgehead atoms. The lowest BCUT2D eigenvalue weighted by atomic mass is 10.2. The van der Waals surface area contributed by atoms with Crippen LogP contribution in [-0.4, -0.2) is 29.1 Å². The molecule has 0 saturated heterocycles. The lowest BCUT2D eigenvalue weighted by molar-refractivity contribution is 0.0945. The van der Waals surface area contributed by atoms with Crippen LogP contribution in [0.2, 0.25) is 0 Å². The van der Waals surface area contributed by atoms with Gasteiger partial charge in [-0.2, -0.15) is 0 Å². The third kappa shape index (κ3) is 3.92. The maximum Gasteiger partial charge on any atom is 0.267 e. The molecule has 0 saturated carbocycles. The Morgan fingerprint density at radius 3 is 2.79 bits per heavy atom. The zero-order valence-corrected chi connectivity index (χ0v) is 16.4. The van der Waals surface area contributed by atoms with Crippen molar-refractivity contribution in [1.29, 1.82) is 0 Å². The van der Waals surface area contributed by atoms with Gasteiger partial charge < -0.3 is 14.6 Å². The Hall–Kier alpha value is -3.12. The van der Waals surface area contributed by atoms with E-state index in [1.54, 1.807) is 24.6 Å². The van der Waals surface area contributed by atoms with Crippen LogP contribution in [0.3, 0.4) is 0 Å². The van der Waals surface area contributed by atoms with Crippen LogP contribution in [0, 0.1) is 0 Å². The van der Waals surface area contributed by atoms with Gasteiger partial charge in [-0.15, -0.1) is 11.3 Å². The van der Waals surface area contributed by atoms with E-state index in [-0.39, 0.29) is 5.91 Å². The first-order valence-electron chi connectivity index (χ1n) is 9.12. The number of carbonyl (C=O) groups excluding carboxylic acids is 1. The number of nitrogens with one attached hydrogen (secondary N) is 1. The standard InChI is InChI=1S/C22H21N3O2S/c1-27-19-7-5-16(6-8-19)15-25-20(14-17-10-13-28-22(17)25)21(26)24-12-9-18-4-2-3-11-23-18/h2-8,10-11,13-14H,9,12,15H2,1H3,(H,24,26). The fourth-order valence-electron chi connectivity index (χ4n) is 3.17. The number of hydrogen-bond donors (Lipinski definition) is 1. The van der Waals surface area contributed by atoms with E-state index in [1.807, 2.05) is 48.5 Å². The number of aromatic nitrogens is 2. The first-order valence-corrected chi connectivity index (χ1v) is 10.0. The lowest BCUT2D eigenvalue weighted by Crippen LogP contribution is -2.28. The van der Waals surface area contributed by atoms with Crippen molar-refractivity contribution in [2.75, 3.05) is 13.7 Å². The molecule has 0 aliphatic rings. The quantitative estimate of drug-likeness (QED) is 0.515. The molecule has 1 N–H and O–H groups in total. The van der Waals surface area contributed by atoms with Crippen molar-refractivity contribution in [3.05, 3.63) is 83.1 Å². The molecule has 0 atom stereocenters. The van der Waals surface area contributed by atoms with E-state index in [0.29, 0.717) is 25.2 Å². The molecule has 1 aromatic carbocycles. The predicted molar refractivity (Wildman–Crippen MR) is 112 cm³/mol. The third-order valence-electron chi connectivity index (χ3n) is 4.63. The molecule has 0 radical (unpaired) electrons. The Morgan fingerprint density at radius 2 is 2.04 bits per heavy atom. The molecule has 3 heterocycles. The number of pyridine rings is 1. The molecule has 28 heavy (non-hydrogen) atoms. The molecular weight excluding hydrogens is 370 g/mol. The minimum Gasteiger partial charge on any atom is -0.497 e. The molecule has 0 spiro atoms. The highest BCUT2D eigenvalue weighted by Gasteiger charge is 2.16. The van der Waals surface area contributed by atoms with Gasteiger partial charge in [0.05, 0.1) is 7.11 Å². The number of ether oxygens (including phenoxy) is 1. The fourth-order valence-corrected chi connectivity index (χ4v) is 4.07. The highest BCUT2D eigenvalue weighted by Crippen LogP contribution is 2.26. The zero-order valence-electron chi connectivity index (χ0n) is 15.6. The van der Waals surface area contributed by atoms with E-state index in [4.69, 9.17) is 4.74 Å². The zero-order chi connectivity index (χ0) is 19.3. The van der Waals surface area contributed by atoms with Crippen molar-refractivity contribution in [2.45, 2.75) is 13.0 Å². The summed E-state index contributed by atoms with van der Waals surface area (Å²) in [4.78, 5) is 18.2. The first kappa shape index (κ1) is 18.3. The second-order valence-electron chi connectivity index (χ2n) is 6.47. The molecular formula is C22H21N3O2S. The summed E-state index contributed by atoms with van der Waals surface area (Å²) in [5.41, 5.74) is 2.77. The van der Waals surface area contributed by atoms with Crippen LogP contribution >= 0.6 is 11.3 Å².